The monoisotopic (exact) mass is 808 g/mol. The second-order valence-corrected chi connectivity index (χ2v) is 15.9. The van der Waals surface area contributed by atoms with Gasteiger partial charge in [-0.2, -0.15) is 18.4 Å². The van der Waals surface area contributed by atoms with E-state index in [1.165, 1.54) is 12.1 Å². The molecule has 0 aliphatic carbocycles. The van der Waals surface area contributed by atoms with Crippen molar-refractivity contribution in [1.29, 1.82) is 5.26 Å². The third-order valence-corrected chi connectivity index (χ3v) is 12.9. The standard InChI is InChI=1S/C53H31F3N6/c1-58-41-18-12-17-40(53(54,55)56)48(41)39-28-47(62-45-22-11-7-16-34(45)38-26-24-36-32-14-5-9-20-43(32)60(3)50(36)52(38)62)46(27-30(39)29-57)61-44-21-10-6-15-33(44)37-25-23-35-31-13-4-8-19-42(31)59(2)49(35)51(37)61/h4-28H,2-3H3. The van der Waals surface area contributed by atoms with E-state index in [0.717, 1.165) is 93.3 Å². The lowest BCUT2D eigenvalue weighted by atomic mass is 9.92. The van der Waals surface area contributed by atoms with Crippen molar-refractivity contribution in [3.8, 4) is 28.6 Å². The molecule has 0 aliphatic heterocycles. The zero-order valence-corrected chi connectivity index (χ0v) is 33.3. The van der Waals surface area contributed by atoms with Gasteiger partial charge in [0.05, 0.1) is 68.2 Å². The smallest absolute Gasteiger partial charge is 0.342 e. The van der Waals surface area contributed by atoms with Crippen molar-refractivity contribution in [2.75, 3.05) is 0 Å². The SMILES string of the molecule is [C-]#[N+]c1cccc(C(F)(F)F)c1-c1cc(-n2c3ccccc3c3ccc4c5ccccc5n(C)c4c32)c(-n2c3ccccc3c3ccc4c5ccccc5n(C)c4c32)cc1C#N. The van der Waals surface area contributed by atoms with Crippen molar-refractivity contribution in [3.05, 3.63) is 174 Å². The van der Waals surface area contributed by atoms with Crippen LogP contribution in [0.25, 0.3) is 115 Å². The Morgan fingerprint density at radius 3 is 1.37 bits per heavy atom. The van der Waals surface area contributed by atoms with Gasteiger partial charge in [0, 0.05) is 73.8 Å². The molecule has 0 aliphatic rings. The Balaban J connectivity index is 1.35. The molecule has 62 heavy (non-hydrogen) atoms. The number of alkyl halides is 3. The van der Waals surface area contributed by atoms with Crippen LogP contribution < -0.4 is 0 Å². The summed E-state index contributed by atoms with van der Waals surface area (Å²) >= 11 is 0. The van der Waals surface area contributed by atoms with Gasteiger partial charge >= 0.3 is 6.18 Å². The average molecular weight is 809 g/mol. The lowest BCUT2D eigenvalue weighted by Gasteiger charge is -2.22. The van der Waals surface area contributed by atoms with Crippen molar-refractivity contribution >= 4 is 92.9 Å². The first kappa shape index (κ1) is 35.7. The van der Waals surface area contributed by atoms with Gasteiger partial charge in [-0.05, 0) is 42.0 Å². The molecule has 0 saturated carbocycles. The number of hydrogen-bond donors (Lipinski definition) is 0. The number of nitrogens with zero attached hydrogens (tertiary/aromatic N) is 6. The van der Waals surface area contributed by atoms with E-state index in [4.69, 9.17) is 6.57 Å². The fourth-order valence-electron chi connectivity index (χ4n) is 10.3. The molecular weight excluding hydrogens is 778 g/mol. The quantitative estimate of drug-likeness (QED) is 0.164. The molecule has 0 amide bonds. The van der Waals surface area contributed by atoms with E-state index in [2.05, 4.69) is 103 Å². The minimum absolute atomic E-state index is 0.0102. The number of para-hydroxylation sites is 4. The number of fused-ring (bicyclic) bond motifs is 14. The van der Waals surface area contributed by atoms with Crippen LogP contribution in [0, 0.1) is 17.9 Å². The van der Waals surface area contributed by atoms with Crippen LogP contribution in [0.15, 0.2) is 152 Å². The fraction of sp³-hybridized carbons (Fsp3) is 0.0566. The second-order valence-electron chi connectivity index (χ2n) is 15.9. The van der Waals surface area contributed by atoms with Crippen molar-refractivity contribution in [2.45, 2.75) is 6.18 Å². The molecular formula is C53H31F3N6. The normalized spacial score (nSPS) is 12.2. The average Bonchev–Trinajstić information content (AvgIpc) is 4.00. The highest BCUT2D eigenvalue weighted by atomic mass is 19.4. The molecule has 0 unspecified atom stereocenters. The van der Waals surface area contributed by atoms with Crippen LogP contribution in [0.5, 0.6) is 0 Å². The van der Waals surface area contributed by atoms with Crippen LogP contribution in [0.3, 0.4) is 0 Å². The van der Waals surface area contributed by atoms with Crippen molar-refractivity contribution in [1.82, 2.24) is 18.3 Å². The number of aromatic nitrogens is 4. The van der Waals surface area contributed by atoms with Crippen LogP contribution in [0.1, 0.15) is 11.1 Å². The van der Waals surface area contributed by atoms with E-state index in [1.54, 1.807) is 12.1 Å². The number of hydrogen-bond acceptors (Lipinski definition) is 1. The van der Waals surface area contributed by atoms with E-state index in [9.17, 15) is 5.26 Å². The fourth-order valence-corrected chi connectivity index (χ4v) is 10.3. The van der Waals surface area contributed by atoms with Crippen molar-refractivity contribution < 1.29 is 13.2 Å². The number of nitriles is 1. The molecule has 0 bridgehead atoms. The number of benzene rings is 8. The molecule has 0 atom stereocenters. The zero-order chi connectivity index (χ0) is 42.2. The summed E-state index contributed by atoms with van der Waals surface area (Å²) in [6.45, 7) is 8.08. The predicted octanol–water partition coefficient (Wildman–Crippen LogP) is 14.3. The van der Waals surface area contributed by atoms with Crippen molar-refractivity contribution in [2.24, 2.45) is 14.1 Å². The molecule has 8 aromatic carbocycles. The largest absolute Gasteiger partial charge is 0.415 e. The topological polar surface area (TPSA) is 47.9 Å². The molecule has 4 aromatic heterocycles. The minimum atomic E-state index is -4.81. The Morgan fingerprint density at radius 1 is 0.500 bits per heavy atom. The lowest BCUT2D eigenvalue weighted by Crippen LogP contribution is -2.10. The number of halogens is 3. The maximum atomic E-state index is 15.1. The summed E-state index contributed by atoms with van der Waals surface area (Å²) < 4.78 is 54.1. The molecule has 12 aromatic rings. The summed E-state index contributed by atoms with van der Waals surface area (Å²) in [5.41, 5.74) is 7.17. The highest BCUT2D eigenvalue weighted by Crippen LogP contribution is 2.48. The molecule has 4 heterocycles. The van der Waals surface area contributed by atoms with Gasteiger partial charge in [0.25, 0.3) is 0 Å². The molecule has 0 fully saturated rings. The first-order valence-corrected chi connectivity index (χ1v) is 20.1. The summed E-state index contributed by atoms with van der Waals surface area (Å²) in [4.78, 5) is 3.61. The van der Waals surface area contributed by atoms with Gasteiger partial charge in [-0.1, -0.05) is 115 Å². The van der Waals surface area contributed by atoms with Gasteiger partial charge in [0.1, 0.15) is 0 Å². The van der Waals surface area contributed by atoms with Crippen molar-refractivity contribution in [3.63, 3.8) is 0 Å². The zero-order valence-electron chi connectivity index (χ0n) is 33.3. The van der Waals surface area contributed by atoms with Crippen LogP contribution in [0.2, 0.25) is 0 Å². The Kier molecular flexibility index (Phi) is 7.26. The third kappa shape index (κ3) is 4.62. The molecule has 0 radical (unpaired) electrons. The minimum Gasteiger partial charge on any atom is -0.342 e. The molecule has 12 rings (SSSR count). The molecule has 6 nitrogen and oxygen atoms in total. The Morgan fingerprint density at radius 2 is 0.919 bits per heavy atom. The van der Waals surface area contributed by atoms with E-state index in [-0.39, 0.29) is 22.4 Å². The molecule has 0 spiro atoms. The summed E-state index contributed by atoms with van der Waals surface area (Å²) in [7, 11) is 4.10. The number of rotatable bonds is 3. The highest BCUT2D eigenvalue weighted by molar-refractivity contribution is 6.25. The van der Waals surface area contributed by atoms with Crippen LogP contribution >= 0.6 is 0 Å². The summed E-state index contributed by atoms with van der Waals surface area (Å²) in [5, 5.41) is 19.2. The van der Waals surface area contributed by atoms with Gasteiger partial charge < -0.3 is 18.3 Å². The summed E-state index contributed by atoms with van der Waals surface area (Å²) in [5.74, 6) is 0. The maximum absolute atomic E-state index is 15.1. The summed E-state index contributed by atoms with van der Waals surface area (Å²) in [6.07, 6.45) is -4.81. The number of aryl methyl sites for hydroxylation is 2. The Hall–Kier alpha value is -8.27. The van der Waals surface area contributed by atoms with Crippen LogP contribution in [0.4, 0.5) is 18.9 Å². The molecule has 9 heteroatoms. The van der Waals surface area contributed by atoms with E-state index < -0.39 is 11.7 Å². The first-order valence-electron chi connectivity index (χ1n) is 20.1. The van der Waals surface area contributed by atoms with E-state index in [0.29, 0.717) is 11.4 Å². The third-order valence-electron chi connectivity index (χ3n) is 12.9. The highest BCUT2D eigenvalue weighted by Gasteiger charge is 2.36. The van der Waals surface area contributed by atoms with Crippen LogP contribution in [-0.2, 0) is 20.3 Å². The van der Waals surface area contributed by atoms with E-state index in [1.807, 2.05) is 61.6 Å². The molecule has 294 valence electrons. The lowest BCUT2D eigenvalue weighted by molar-refractivity contribution is -0.137. The van der Waals surface area contributed by atoms with Gasteiger partial charge in [-0.15, -0.1) is 0 Å². The maximum Gasteiger partial charge on any atom is 0.415 e. The molecule has 0 saturated heterocycles. The molecule has 0 N–H and O–H groups in total. The van der Waals surface area contributed by atoms with Gasteiger partial charge in [-0.3, -0.25) is 0 Å². The van der Waals surface area contributed by atoms with Gasteiger partial charge in [0.2, 0.25) is 0 Å². The second kappa shape index (κ2) is 12.6. The Bertz CT molecular complexity index is 4030. The van der Waals surface area contributed by atoms with Gasteiger partial charge in [0.15, 0.2) is 5.69 Å². The van der Waals surface area contributed by atoms with Gasteiger partial charge in [-0.25, -0.2) is 4.85 Å². The first-order chi connectivity index (χ1) is 30.2. The Labute approximate surface area is 351 Å². The van der Waals surface area contributed by atoms with Crippen LogP contribution in [-0.4, -0.2) is 18.3 Å². The summed E-state index contributed by atoms with van der Waals surface area (Å²) in [6, 6.07) is 50.6. The van der Waals surface area contributed by atoms with E-state index >= 15 is 13.2 Å². The predicted molar refractivity (Wildman–Crippen MR) is 245 cm³/mol.